The highest BCUT2D eigenvalue weighted by Gasteiger charge is 2.79. The maximum Gasteiger partial charge on any atom is 0.312 e. The third-order valence-corrected chi connectivity index (χ3v) is 7.72. The molecule has 0 radical (unpaired) electrons. The average molecular weight is 507 g/mol. The summed E-state index contributed by atoms with van der Waals surface area (Å²) in [5, 5.41) is 12.1. The summed E-state index contributed by atoms with van der Waals surface area (Å²) in [7, 11) is 7.48. The van der Waals surface area contributed by atoms with E-state index in [-0.39, 0.29) is 0 Å². The highest BCUT2D eigenvalue weighted by Crippen LogP contribution is 2.71. The van der Waals surface area contributed by atoms with E-state index >= 15 is 0 Å². The Labute approximate surface area is 215 Å². The van der Waals surface area contributed by atoms with Crippen LogP contribution in [0.2, 0.25) is 0 Å². The van der Waals surface area contributed by atoms with Gasteiger partial charge in [0.25, 0.3) is 0 Å². The Morgan fingerprint density at radius 3 is 2.11 bits per heavy atom. The lowest BCUT2D eigenvalue weighted by molar-refractivity contribution is -0.176. The van der Waals surface area contributed by atoms with Crippen LogP contribution in [-0.4, -0.2) is 52.7 Å². The number of aliphatic hydroxyl groups excluding tert-OH is 1. The summed E-state index contributed by atoms with van der Waals surface area (Å²) in [5.74, 6) is -0.293. The van der Waals surface area contributed by atoms with E-state index in [0.29, 0.717) is 34.1 Å². The molecule has 194 valence electrons. The zero-order valence-corrected chi connectivity index (χ0v) is 21.4. The number of ether oxygens (including phenoxy) is 6. The number of esters is 1. The Bertz CT molecular complexity index is 1290. The molecule has 37 heavy (non-hydrogen) atoms. The van der Waals surface area contributed by atoms with Crippen molar-refractivity contribution in [1.82, 2.24) is 0 Å². The molecule has 5 rings (SSSR count). The van der Waals surface area contributed by atoms with Gasteiger partial charge in [-0.25, -0.2) is 0 Å². The van der Waals surface area contributed by atoms with Crippen LogP contribution in [0, 0.1) is 5.92 Å². The summed E-state index contributed by atoms with van der Waals surface area (Å²) >= 11 is 0. The van der Waals surface area contributed by atoms with E-state index in [1.165, 1.54) is 21.3 Å². The molecule has 1 unspecified atom stereocenters. The molecule has 3 aromatic rings. The van der Waals surface area contributed by atoms with Gasteiger partial charge in [-0.3, -0.25) is 4.79 Å². The molecule has 1 saturated carbocycles. The van der Waals surface area contributed by atoms with E-state index in [4.69, 9.17) is 28.4 Å². The molecule has 0 spiro atoms. The second-order valence-electron chi connectivity index (χ2n) is 9.09. The summed E-state index contributed by atoms with van der Waals surface area (Å²) in [6.45, 7) is 0. The Morgan fingerprint density at radius 1 is 0.865 bits per heavy atom. The van der Waals surface area contributed by atoms with E-state index in [9.17, 15) is 9.90 Å². The van der Waals surface area contributed by atoms with Gasteiger partial charge in [0.05, 0.1) is 39.9 Å². The first-order valence-corrected chi connectivity index (χ1v) is 11.9. The van der Waals surface area contributed by atoms with Crippen molar-refractivity contribution in [2.45, 2.75) is 23.2 Å². The molecule has 8 nitrogen and oxygen atoms in total. The summed E-state index contributed by atoms with van der Waals surface area (Å²) in [4.78, 5) is 13.4. The van der Waals surface area contributed by atoms with E-state index in [0.717, 1.165) is 5.56 Å². The topological polar surface area (TPSA) is 92.7 Å². The molecule has 1 N–H and O–H groups in total. The zero-order valence-electron chi connectivity index (χ0n) is 21.4. The molecule has 0 saturated heterocycles. The smallest absolute Gasteiger partial charge is 0.312 e. The maximum atomic E-state index is 13.4. The standard InChI is InChI=1S/C29H30O8/c1-32-19-13-11-18(12-14-19)28-24(17-9-7-6-8-10-17)23(27(31)35-4)26(30)29(28,36-5)25-21(34-3)15-20(33-2)16-22(25)37-28/h6-16,23-24,26,30H,1-5H3/t23-,24?,26-,28-,29-/m0/s1. The first kappa shape index (κ1) is 24.9. The van der Waals surface area contributed by atoms with Crippen LogP contribution in [0.15, 0.2) is 66.7 Å². The van der Waals surface area contributed by atoms with Gasteiger partial charge in [-0.1, -0.05) is 42.5 Å². The molecule has 1 heterocycles. The number of aliphatic hydroxyl groups is 1. The lowest BCUT2D eigenvalue weighted by atomic mass is 9.70. The Balaban J connectivity index is 1.91. The van der Waals surface area contributed by atoms with Crippen molar-refractivity contribution < 1.29 is 38.3 Å². The lowest BCUT2D eigenvalue weighted by Gasteiger charge is -2.43. The molecule has 0 aromatic heterocycles. The minimum atomic E-state index is -1.55. The zero-order chi connectivity index (χ0) is 26.4. The van der Waals surface area contributed by atoms with Gasteiger partial charge in [0, 0.05) is 25.2 Å². The Hall–Kier alpha value is -3.75. The molecule has 2 aliphatic rings. The summed E-state index contributed by atoms with van der Waals surface area (Å²) in [6.07, 6.45) is -1.36. The fourth-order valence-electron chi connectivity index (χ4n) is 6.25. The van der Waals surface area contributed by atoms with E-state index in [1.54, 1.807) is 26.4 Å². The van der Waals surface area contributed by atoms with Crippen molar-refractivity contribution in [3.63, 3.8) is 0 Å². The second-order valence-corrected chi connectivity index (χ2v) is 9.09. The van der Waals surface area contributed by atoms with E-state index < -0.39 is 35.1 Å². The van der Waals surface area contributed by atoms with Crippen molar-refractivity contribution >= 4 is 5.97 Å². The van der Waals surface area contributed by atoms with Crippen molar-refractivity contribution in [1.29, 1.82) is 0 Å². The highest BCUT2D eigenvalue weighted by atomic mass is 16.6. The summed E-state index contributed by atoms with van der Waals surface area (Å²) in [6, 6.07) is 20.3. The number of hydrogen-bond donors (Lipinski definition) is 1. The highest BCUT2D eigenvalue weighted by molar-refractivity contribution is 5.78. The predicted molar refractivity (Wildman–Crippen MR) is 134 cm³/mol. The van der Waals surface area contributed by atoms with Crippen molar-refractivity contribution in [2.24, 2.45) is 5.92 Å². The minimum absolute atomic E-state index is 0.406. The maximum absolute atomic E-state index is 13.4. The van der Waals surface area contributed by atoms with Crippen LogP contribution in [0.3, 0.4) is 0 Å². The number of rotatable bonds is 7. The number of hydrogen-bond acceptors (Lipinski definition) is 8. The monoisotopic (exact) mass is 506 g/mol. The van der Waals surface area contributed by atoms with Crippen LogP contribution < -0.4 is 18.9 Å². The average Bonchev–Trinajstić information content (AvgIpc) is 3.37. The molecule has 0 amide bonds. The van der Waals surface area contributed by atoms with Gasteiger partial charge in [-0.2, -0.15) is 0 Å². The lowest BCUT2D eigenvalue weighted by Crippen LogP contribution is -2.53. The van der Waals surface area contributed by atoms with Crippen LogP contribution in [0.1, 0.15) is 22.6 Å². The predicted octanol–water partition coefficient (Wildman–Crippen LogP) is 3.79. The van der Waals surface area contributed by atoms with Crippen molar-refractivity contribution in [3.05, 3.63) is 83.4 Å². The van der Waals surface area contributed by atoms with Crippen molar-refractivity contribution in [3.8, 4) is 23.0 Å². The summed E-state index contributed by atoms with van der Waals surface area (Å²) in [5.41, 5.74) is -0.977. The van der Waals surface area contributed by atoms with Crippen LogP contribution in [0.5, 0.6) is 23.0 Å². The summed E-state index contributed by atoms with van der Waals surface area (Å²) < 4.78 is 35.2. The number of fused-ring (bicyclic) bond motifs is 3. The second kappa shape index (κ2) is 9.28. The number of carbonyl (C=O) groups is 1. The van der Waals surface area contributed by atoms with E-state index in [1.807, 2.05) is 54.6 Å². The van der Waals surface area contributed by atoms with Gasteiger partial charge in [0.1, 0.15) is 29.1 Å². The quantitative estimate of drug-likeness (QED) is 0.484. The molecular formula is C29H30O8. The van der Waals surface area contributed by atoms with Crippen LogP contribution in [0.25, 0.3) is 0 Å². The van der Waals surface area contributed by atoms with Gasteiger partial charge in [0.15, 0.2) is 11.2 Å². The van der Waals surface area contributed by atoms with Gasteiger partial charge in [-0.15, -0.1) is 0 Å². The number of methoxy groups -OCH3 is 5. The molecule has 1 fully saturated rings. The van der Waals surface area contributed by atoms with Gasteiger partial charge in [-0.05, 0) is 23.3 Å². The molecule has 1 aliphatic carbocycles. The normalized spacial score (nSPS) is 27.6. The molecule has 1 aliphatic heterocycles. The SMILES string of the molecule is COC(=O)[C@H]1C(c2ccccc2)[C@]2(c3ccc(OC)cc3)Oc3cc(OC)cc(OC)c3[C@]2(OC)[C@H]1O. The van der Waals surface area contributed by atoms with Gasteiger partial charge >= 0.3 is 5.97 Å². The molecule has 8 heteroatoms. The van der Waals surface area contributed by atoms with Crippen molar-refractivity contribution in [2.75, 3.05) is 35.5 Å². The molecule has 5 atom stereocenters. The van der Waals surface area contributed by atoms with Gasteiger partial charge < -0.3 is 33.5 Å². The Kier molecular flexibility index (Phi) is 6.25. The molecular weight excluding hydrogens is 476 g/mol. The van der Waals surface area contributed by atoms with Crippen LogP contribution >= 0.6 is 0 Å². The Morgan fingerprint density at radius 2 is 1.54 bits per heavy atom. The van der Waals surface area contributed by atoms with Gasteiger partial charge in [0.2, 0.25) is 0 Å². The number of benzene rings is 3. The van der Waals surface area contributed by atoms with Crippen LogP contribution in [0.4, 0.5) is 0 Å². The molecule has 0 bridgehead atoms. The fourth-order valence-corrected chi connectivity index (χ4v) is 6.25. The molecule has 3 aromatic carbocycles. The van der Waals surface area contributed by atoms with Crippen LogP contribution in [-0.2, 0) is 25.5 Å². The third kappa shape index (κ3) is 3.25. The first-order valence-electron chi connectivity index (χ1n) is 11.9. The number of carbonyl (C=O) groups excluding carboxylic acids is 1. The first-order chi connectivity index (χ1) is 17.9. The fraction of sp³-hybridized carbons (Fsp3) is 0.345. The largest absolute Gasteiger partial charge is 0.497 e. The third-order valence-electron chi connectivity index (χ3n) is 7.72. The minimum Gasteiger partial charge on any atom is -0.497 e. The van der Waals surface area contributed by atoms with E-state index in [2.05, 4.69) is 0 Å².